The van der Waals surface area contributed by atoms with Gasteiger partial charge >= 0.3 is 0 Å². The molecule has 1 aromatic heterocycles. The maximum absolute atomic E-state index is 12.2. The number of anilines is 1. The van der Waals surface area contributed by atoms with E-state index in [1.54, 1.807) is 0 Å². The molecular formula is C13H21ClN4O. The van der Waals surface area contributed by atoms with Gasteiger partial charge < -0.3 is 16.0 Å². The largest absolute Gasteiger partial charge is 0.384 e. The fourth-order valence-corrected chi connectivity index (χ4v) is 1.93. The van der Waals surface area contributed by atoms with Crippen LogP contribution < -0.4 is 11.1 Å². The molecule has 6 heteroatoms. The zero-order chi connectivity index (χ0) is 14.6. The number of nitrogen functional groups attached to an aromatic ring is 1. The van der Waals surface area contributed by atoms with Gasteiger partial charge in [-0.1, -0.05) is 25.4 Å². The molecule has 0 bridgehead atoms. The van der Waals surface area contributed by atoms with E-state index in [-0.39, 0.29) is 22.9 Å². The third kappa shape index (κ3) is 5.04. The summed E-state index contributed by atoms with van der Waals surface area (Å²) in [7, 11) is 3.95. The van der Waals surface area contributed by atoms with E-state index in [1.807, 2.05) is 19.0 Å². The standard InChI is InChI=1S/C13H21ClN4O/c1-8(2)10(7-18(3)4)16-13(19)9-5-11(14)17-12(15)6-9/h5-6,8,10H,7H2,1-4H3,(H2,15,17)(H,16,19). The molecule has 1 unspecified atom stereocenters. The molecule has 106 valence electrons. The Bertz CT molecular complexity index is 428. The number of carbonyl (C=O) groups is 1. The molecule has 0 aliphatic rings. The Labute approximate surface area is 119 Å². The highest BCUT2D eigenvalue weighted by Gasteiger charge is 2.18. The van der Waals surface area contributed by atoms with Gasteiger partial charge in [0.25, 0.3) is 5.91 Å². The molecular weight excluding hydrogens is 264 g/mol. The van der Waals surface area contributed by atoms with E-state index in [9.17, 15) is 4.79 Å². The van der Waals surface area contributed by atoms with E-state index in [1.165, 1.54) is 12.1 Å². The van der Waals surface area contributed by atoms with Crippen molar-refractivity contribution in [2.45, 2.75) is 19.9 Å². The zero-order valence-electron chi connectivity index (χ0n) is 11.8. The van der Waals surface area contributed by atoms with Crippen LogP contribution in [0.1, 0.15) is 24.2 Å². The molecule has 1 heterocycles. The van der Waals surface area contributed by atoms with Crippen LogP contribution in [0.4, 0.5) is 5.82 Å². The van der Waals surface area contributed by atoms with Crippen LogP contribution in [-0.4, -0.2) is 42.5 Å². The minimum absolute atomic E-state index is 0.0654. The summed E-state index contributed by atoms with van der Waals surface area (Å²) < 4.78 is 0. The number of nitrogens with zero attached hydrogens (tertiary/aromatic N) is 2. The molecule has 0 fully saturated rings. The molecule has 1 amide bonds. The number of hydrogen-bond acceptors (Lipinski definition) is 4. The summed E-state index contributed by atoms with van der Waals surface area (Å²) in [6, 6.07) is 3.10. The van der Waals surface area contributed by atoms with Gasteiger partial charge in [0.05, 0.1) is 0 Å². The van der Waals surface area contributed by atoms with E-state index >= 15 is 0 Å². The average Bonchev–Trinajstić information content (AvgIpc) is 2.25. The molecule has 0 aliphatic carbocycles. The molecule has 1 aromatic rings. The Balaban J connectivity index is 2.81. The van der Waals surface area contributed by atoms with Crippen LogP contribution in [0.25, 0.3) is 0 Å². The number of aromatic nitrogens is 1. The number of nitrogens with one attached hydrogen (secondary N) is 1. The molecule has 5 nitrogen and oxygen atoms in total. The molecule has 0 saturated heterocycles. The molecule has 0 spiro atoms. The average molecular weight is 285 g/mol. The fraction of sp³-hybridized carbons (Fsp3) is 0.538. The van der Waals surface area contributed by atoms with Gasteiger partial charge in [-0.2, -0.15) is 0 Å². The van der Waals surface area contributed by atoms with Crippen molar-refractivity contribution in [2.24, 2.45) is 5.92 Å². The third-order valence-electron chi connectivity index (χ3n) is 2.76. The number of carbonyl (C=O) groups excluding carboxylic acids is 1. The maximum Gasteiger partial charge on any atom is 0.251 e. The van der Waals surface area contributed by atoms with E-state index < -0.39 is 0 Å². The van der Waals surface area contributed by atoms with Gasteiger partial charge in [-0.25, -0.2) is 4.98 Å². The summed E-state index contributed by atoms with van der Waals surface area (Å²) in [5.41, 5.74) is 6.02. The van der Waals surface area contributed by atoms with E-state index in [4.69, 9.17) is 17.3 Å². The van der Waals surface area contributed by atoms with Gasteiger partial charge in [0, 0.05) is 18.2 Å². The second-order valence-corrected chi connectivity index (χ2v) is 5.58. The van der Waals surface area contributed by atoms with Gasteiger partial charge in [-0.15, -0.1) is 0 Å². The van der Waals surface area contributed by atoms with Gasteiger partial charge in [0.1, 0.15) is 11.0 Å². The van der Waals surface area contributed by atoms with Crippen LogP contribution in [0.15, 0.2) is 12.1 Å². The van der Waals surface area contributed by atoms with Gasteiger partial charge in [-0.05, 0) is 32.1 Å². The van der Waals surface area contributed by atoms with Crippen molar-refractivity contribution >= 4 is 23.3 Å². The second kappa shape index (κ2) is 6.73. The first kappa shape index (κ1) is 15.7. The minimum Gasteiger partial charge on any atom is -0.384 e. The van der Waals surface area contributed by atoms with Crippen molar-refractivity contribution in [3.63, 3.8) is 0 Å². The number of pyridine rings is 1. The van der Waals surface area contributed by atoms with Crippen LogP contribution in [0, 0.1) is 5.92 Å². The summed E-state index contributed by atoms with van der Waals surface area (Å²) in [5, 5.41) is 3.22. The second-order valence-electron chi connectivity index (χ2n) is 5.19. The van der Waals surface area contributed by atoms with E-state index in [2.05, 4.69) is 24.1 Å². The fourth-order valence-electron chi connectivity index (χ4n) is 1.72. The highest BCUT2D eigenvalue weighted by Crippen LogP contribution is 2.13. The molecule has 1 rings (SSSR count). The maximum atomic E-state index is 12.2. The monoisotopic (exact) mass is 284 g/mol. The van der Waals surface area contributed by atoms with Crippen molar-refractivity contribution in [3.8, 4) is 0 Å². The molecule has 1 atom stereocenters. The molecule has 3 N–H and O–H groups in total. The predicted molar refractivity (Wildman–Crippen MR) is 78.3 cm³/mol. The lowest BCUT2D eigenvalue weighted by atomic mass is 10.0. The van der Waals surface area contributed by atoms with Crippen LogP contribution >= 0.6 is 11.6 Å². The molecule has 0 aliphatic heterocycles. The number of nitrogens with two attached hydrogens (primary N) is 1. The lowest BCUT2D eigenvalue weighted by molar-refractivity contribution is 0.0916. The minimum atomic E-state index is -0.184. The van der Waals surface area contributed by atoms with Crippen molar-refractivity contribution in [1.82, 2.24) is 15.2 Å². The van der Waals surface area contributed by atoms with Crippen molar-refractivity contribution in [1.29, 1.82) is 0 Å². The molecule has 0 saturated carbocycles. The van der Waals surface area contributed by atoms with Gasteiger partial charge in [0.15, 0.2) is 0 Å². The smallest absolute Gasteiger partial charge is 0.251 e. The Hall–Kier alpha value is -1.33. The van der Waals surface area contributed by atoms with Crippen molar-refractivity contribution in [2.75, 3.05) is 26.4 Å². The topological polar surface area (TPSA) is 71.2 Å². The predicted octanol–water partition coefficient (Wildman–Crippen LogP) is 1.63. The SMILES string of the molecule is CC(C)C(CN(C)C)NC(=O)c1cc(N)nc(Cl)c1. The molecule has 0 aromatic carbocycles. The summed E-state index contributed by atoms with van der Waals surface area (Å²) in [4.78, 5) is 18.0. The van der Waals surface area contributed by atoms with Crippen LogP contribution in [-0.2, 0) is 0 Å². The Morgan fingerprint density at radius 1 is 1.47 bits per heavy atom. The quantitative estimate of drug-likeness (QED) is 0.806. The lowest BCUT2D eigenvalue weighted by Crippen LogP contribution is -2.45. The number of hydrogen-bond donors (Lipinski definition) is 2. The van der Waals surface area contributed by atoms with E-state index in [0.29, 0.717) is 11.5 Å². The van der Waals surface area contributed by atoms with Gasteiger partial charge in [0.2, 0.25) is 0 Å². The summed E-state index contributed by atoms with van der Waals surface area (Å²) in [6.45, 7) is 4.92. The first-order valence-electron chi connectivity index (χ1n) is 6.18. The normalized spacial score (nSPS) is 12.8. The van der Waals surface area contributed by atoms with Crippen molar-refractivity contribution < 1.29 is 4.79 Å². The number of amides is 1. The first-order valence-corrected chi connectivity index (χ1v) is 6.56. The summed E-state index contributed by atoms with van der Waals surface area (Å²) in [5.74, 6) is 0.393. The first-order chi connectivity index (χ1) is 8.79. The van der Waals surface area contributed by atoms with Gasteiger partial charge in [-0.3, -0.25) is 4.79 Å². The number of halogens is 1. The number of likely N-dealkylation sites (N-methyl/N-ethyl adjacent to an activating group) is 1. The summed E-state index contributed by atoms with van der Waals surface area (Å²) in [6.07, 6.45) is 0. The van der Waals surface area contributed by atoms with E-state index in [0.717, 1.165) is 6.54 Å². The molecule has 19 heavy (non-hydrogen) atoms. The van der Waals surface area contributed by atoms with Crippen LogP contribution in [0.2, 0.25) is 5.15 Å². The highest BCUT2D eigenvalue weighted by molar-refractivity contribution is 6.29. The highest BCUT2D eigenvalue weighted by atomic mass is 35.5. The Morgan fingerprint density at radius 3 is 2.58 bits per heavy atom. The van der Waals surface area contributed by atoms with Crippen molar-refractivity contribution in [3.05, 3.63) is 22.8 Å². The third-order valence-corrected chi connectivity index (χ3v) is 2.95. The molecule has 0 radical (unpaired) electrons. The number of rotatable bonds is 5. The van der Waals surface area contributed by atoms with Crippen LogP contribution in [0.5, 0.6) is 0 Å². The Morgan fingerprint density at radius 2 is 2.11 bits per heavy atom. The lowest BCUT2D eigenvalue weighted by Gasteiger charge is -2.25. The van der Waals surface area contributed by atoms with Crippen LogP contribution in [0.3, 0.4) is 0 Å². The summed E-state index contributed by atoms with van der Waals surface area (Å²) >= 11 is 5.80. The zero-order valence-corrected chi connectivity index (χ0v) is 12.5. The Kier molecular flexibility index (Phi) is 5.57.